The van der Waals surface area contributed by atoms with Crippen molar-refractivity contribution in [3.63, 3.8) is 0 Å². The van der Waals surface area contributed by atoms with Crippen LogP contribution < -0.4 is 5.73 Å². The Bertz CT molecular complexity index is 758. The molecule has 2 aromatic rings. The van der Waals surface area contributed by atoms with Crippen LogP contribution in [0, 0.1) is 12.3 Å². The maximum atomic E-state index is 15.1. The second kappa shape index (κ2) is 4.88. The number of nitrogens with two attached hydrogens (primary N) is 1. The molecule has 0 spiro atoms. The smallest absolute Gasteiger partial charge is 0.243 e. The first-order valence-electron chi connectivity index (χ1n) is 6.52. The minimum atomic E-state index is -2.55. The molecule has 22 heavy (non-hydrogen) atoms. The second-order valence-corrected chi connectivity index (χ2v) is 5.14. The Morgan fingerprint density at radius 3 is 2.95 bits per heavy atom. The minimum Gasteiger partial charge on any atom is -0.391 e. The number of nitrogen functional groups attached to an aromatic ring is 1. The summed E-state index contributed by atoms with van der Waals surface area (Å²) < 4.78 is 21.7. The lowest BCUT2D eigenvalue weighted by molar-refractivity contribution is -0.0776. The molecule has 2 aromatic heterocycles. The van der Waals surface area contributed by atoms with Gasteiger partial charge in [-0.3, -0.25) is 4.57 Å². The largest absolute Gasteiger partial charge is 0.391 e. The van der Waals surface area contributed by atoms with Crippen LogP contribution in [0.5, 0.6) is 0 Å². The normalized spacial score (nSPS) is 33.0. The van der Waals surface area contributed by atoms with Gasteiger partial charge in [0.05, 0.1) is 18.6 Å². The predicted molar refractivity (Wildman–Crippen MR) is 74.0 cm³/mol. The highest BCUT2D eigenvalue weighted by molar-refractivity contribution is 5.70. The van der Waals surface area contributed by atoms with E-state index in [2.05, 4.69) is 15.0 Å². The molecule has 5 atom stereocenters. The van der Waals surface area contributed by atoms with Crippen LogP contribution in [-0.4, -0.2) is 53.7 Å². The molecule has 1 aliphatic heterocycles. The van der Waals surface area contributed by atoms with E-state index in [9.17, 15) is 10.2 Å². The number of anilines is 1. The Kier molecular flexibility index (Phi) is 3.25. The van der Waals surface area contributed by atoms with E-state index in [-0.39, 0.29) is 11.6 Å². The SMILES string of the molecule is C#CC1(F)[C@@H](O)[C@@H]([C@@H](C)O)O[C@H]1n1cnc2cnc(N)nc21. The molecular weight excluding hydrogens is 293 g/mol. The molecule has 9 heteroatoms. The summed E-state index contributed by atoms with van der Waals surface area (Å²) in [6.07, 6.45) is 2.52. The van der Waals surface area contributed by atoms with Gasteiger partial charge in [-0.25, -0.2) is 14.4 Å². The molecule has 0 amide bonds. The molecule has 0 aliphatic carbocycles. The first-order valence-corrected chi connectivity index (χ1v) is 6.52. The van der Waals surface area contributed by atoms with Gasteiger partial charge >= 0.3 is 0 Å². The zero-order valence-corrected chi connectivity index (χ0v) is 11.6. The van der Waals surface area contributed by atoms with Crippen molar-refractivity contribution in [1.82, 2.24) is 19.5 Å². The van der Waals surface area contributed by atoms with Crippen LogP contribution >= 0.6 is 0 Å². The Hall–Kier alpha value is -2.28. The molecule has 0 saturated carbocycles. The van der Waals surface area contributed by atoms with E-state index in [0.29, 0.717) is 5.52 Å². The maximum absolute atomic E-state index is 15.1. The Morgan fingerprint density at radius 1 is 1.59 bits per heavy atom. The van der Waals surface area contributed by atoms with Crippen molar-refractivity contribution in [3.8, 4) is 12.3 Å². The third-order valence-corrected chi connectivity index (χ3v) is 3.67. The third kappa shape index (κ3) is 1.93. The van der Waals surface area contributed by atoms with Crippen molar-refractivity contribution in [3.05, 3.63) is 12.5 Å². The number of aliphatic hydroxyl groups is 2. The number of terminal acetylenes is 1. The van der Waals surface area contributed by atoms with Gasteiger partial charge in [-0.15, -0.1) is 6.42 Å². The van der Waals surface area contributed by atoms with Crippen molar-refractivity contribution >= 4 is 17.1 Å². The molecule has 1 saturated heterocycles. The van der Waals surface area contributed by atoms with Crippen LogP contribution in [0.15, 0.2) is 12.5 Å². The van der Waals surface area contributed by atoms with Crippen molar-refractivity contribution in [1.29, 1.82) is 0 Å². The van der Waals surface area contributed by atoms with Gasteiger partial charge in [0.25, 0.3) is 0 Å². The lowest BCUT2D eigenvalue weighted by atomic mass is 9.95. The molecule has 8 nitrogen and oxygen atoms in total. The molecule has 1 aliphatic rings. The number of aromatic nitrogens is 4. The van der Waals surface area contributed by atoms with Gasteiger partial charge < -0.3 is 20.7 Å². The monoisotopic (exact) mass is 307 g/mol. The molecular formula is C13H14FN5O3. The summed E-state index contributed by atoms with van der Waals surface area (Å²) in [4.78, 5) is 11.8. The third-order valence-electron chi connectivity index (χ3n) is 3.67. The van der Waals surface area contributed by atoms with Crippen molar-refractivity contribution in [2.24, 2.45) is 0 Å². The number of halogens is 1. The number of rotatable bonds is 2. The Morgan fingerprint density at radius 2 is 2.32 bits per heavy atom. The molecule has 4 N–H and O–H groups in total. The van der Waals surface area contributed by atoms with E-state index in [1.54, 1.807) is 0 Å². The number of nitrogens with zero attached hydrogens (tertiary/aromatic N) is 4. The van der Waals surface area contributed by atoms with Gasteiger partial charge in [0.2, 0.25) is 11.6 Å². The first kappa shape index (κ1) is 14.6. The van der Waals surface area contributed by atoms with Crippen LogP contribution in [0.4, 0.5) is 10.3 Å². The number of hydrogen-bond acceptors (Lipinski definition) is 7. The predicted octanol–water partition coefficient (Wildman–Crippen LogP) is -0.611. The lowest BCUT2D eigenvalue weighted by Crippen LogP contribution is -2.43. The Labute approximate surface area is 124 Å². The van der Waals surface area contributed by atoms with Gasteiger partial charge in [0.1, 0.15) is 17.7 Å². The van der Waals surface area contributed by atoms with Crippen LogP contribution in [0.2, 0.25) is 0 Å². The topological polar surface area (TPSA) is 119 Å². The van der Waals surface area contributed by atoms with E-state index >= 15 is 4.39 Å². The number of aliphatic hydroxyl groups excluding tert-OH is 2. The molecule has 1 fully saturated rings. The molecule has 116 valence electrons. The average Bonchev–Trinajstić information content (AvgIpc) is 2.99. The quantitative estimate of drug-likeness (QED) is 0.633. The van der Waals surface area contributed by atoms with E-state index in [4.69, 9.17) is 16.9 Å². The van der Waals surface area contributed by atoms with Gasteiger partial charge in [0.15, 0.2) is 11.9 Å². The molecule has 0 bridgehead atoms. The van der Waals surface area contributed by atoms with Crippen LogP contribution in [0.25, 0.3) is 11.2 Å². The summed E-state index contributed by atoms with van der Waals surface area (Å²) in [5.74, 6) is 1.89. The summed E-state index contributed by atoms with van der Waals surface area (Å²) in [5.41, 5.74) is 3.56. The fourth-order valence-corrected chi connectivity index (χ4v) is 2.52. The summed E-state index contributed by atoms with van der Waals surface area (Å²) in [7, 11) is 0. The van der Waals surface area contributed by atoms with Gasteiger partial charge in [-0.2, -0.15) is 4.98 Å². The highest BCUT2D eigenvalue weighted by atomic mass is 19.1. The van der Waals surface area contributed by atoms with E-state index in [0.717, 1.165) is 0 Å². The van der Waals surface area contributed by atoms with E-state index in [1.165, 1.54) is 24.0 Å². The second-order valence-electron chi connectivity index (χ2n) is 5.14. The number of hydrogen-bond donors (Lipinski definition) is 3. The molecule has 1 unspecified atom stereocenters. The fraction of sp³-hybridized carbons (Fsp3) is 0.462. The summed E-state index contributed by atoms with van der Waals surface area (Å²) in [6, 6.07) is 0. The summed E-state index contributed by atoms with van der Waals surface area (Å²) in [5, 5.41) is 19.7. The maximum Gasteiger partial charge on any atom is 0.243 e. The lowest BCUT2D eigenvalue weighted by Gasteiger charge is -2.23. The van der Waals surface area contributed by atoms with Crippen molar-refractivity contribution in [2.45, 2.75) is 37.1 Å². The fourth-order valence-electron chi connectivity index (χ4n) is 2.52. The van der Waals surface area contributed by atoms with Crippen molar-refractivity contribution in [2.75, 3.05) is 5.73 Å². The zero-order valence-electron chi connectivity index (χ0n) is 11.6. The van der Waals surface area contributed by atoms with Crippen LogP contribution in [0.1, 0.15) is 13.2 Å². The number of fused-ring (bicyclic) bond motifs is 1. The zero-order chi connectivity index (χ0) is 16.1. The molecule has 0 aromatic carbocycles. The van der Waals surface area contributed by atoms with E-state index < -0.39 is 30.2 Å². The molecule has 3 heterocycles. The van der Waals surface area contributed by atoms with Gasteiger partial charge in [-0.05, 0) is 6.92 Å². The average molecular weight is 307 g/mol. The van der Waals surface area contributed by atoms with Gasteiger partial charge in [0, 0.05) is 0 Å². The Balaban J connectivity index is 2.13. The van der Waals surface area contributed by atoms with Crippen molar-refractivity contribution < 1.29 is 19.3 Å². The molecule has 3 rings (SSSR count). The highest BCUT2D eigenvalue weighted by Crippen LogP contribution is 2.43. The van der Waals surface area contributed by atoms with Gasteiger partial charge in [-0.1, -0.05) is 5.92 Å². The number of imidazole rings is 1. The van der Waals surface area contributed by atoms with Crippen LogP contribution in [0.3, 0.4) is 0 Å². The molecule has 0 radical (unpaired) electrons. The number of alkyl halides is 1. The number of ether oxygens (including phenoxy) is 1. The van der Waals surface area contributed by atoms with E-state index in [1.807, 2.05) is 5.92 Å². The minimum absolute atomic E-state index is 0.0231. The highest BCUT2D eigenvalue weighted by Gasteiger charge is 2.59. The summed E-state index contributed by atoms with van der Waals surface area (Å²) >= 11 is 0. The van der Waals surface area contributed by atoms with Crippen LogP contribution in [-0.2, 0) is 4.74 Å². The standard InChI is InChI=1S/C13H14FN5O3/c1-3-13(14)9(21)8(6(2)20)22-11(13)19-5-17-7-4-16-12(15)18-10(7)19/h1,4-6,8-9,11,20-21H,2H3,(H2,15,16,18)/t6-,8-,9+,11-,13?/m1/s1. The first-order chi connectivity index (χ1) is 10.4. The summed E-state index contributed by atoms with van der Waals surface area (Å²) in [6.45, 7) is 1.37.